The largest absolute Gasteiger partial charge is 0.489 e. The molecule has 3 aromatic carbocycles. The first-order chi connectivity index (χ1) is 16.4. The number of aryl methyl sites for hydroxylation is 2. The van der Waals surface area contributed by atoms with Crippen LogP contribution in [-0.2, 0) is 24.6 Å². The average molecular weight is 464 g/mol. The van der Waals surface area contributed by atoms with Gasteiger partial charge >= 0.3 is 0 Å². The number of hydrogen-bond acceptors (Lipinski definition) is 6. The summed E-state index contributed by atoms with van der Waals surface area (Å²) < 4.78 is 17.5. The number of carbonyl (C=O) groups is 2. The van der Waals surface area contributed by atoms with Crippen LogP contribution >= 0.6 is 0 Å². The van der Waals surface area contributed by atoms with Gasteiger partial charge in [-0.1, -0.05) is 6.07 Å². The van der Waals surface area contributed by atoms with Crippen LogP contribution in [0.4, 0.5) is 0 Å². The van der Waals surface area contributed by atoms with Crippen LogP contribution in [0.2, 0.25) is 0 Å². The number of aldehydes is 1. The van der Waals surface area contributed by atoms with Crippen LogP contribution in [-0.4, -0.2) is 31.0 Å². The minimum Gasteiger partial charge on any atom is -0.489 e. The lowest BCUT2D eigenvalue weighted by molar-refractivity contribution is -0.122. The van der Waals surface area contributed by atoms with E-state index in [1.165, 1.54) is 0 Å². The third-order valence-electron chi connectivity index (χ3n) is 5.34. The molecule has 3 rings (SSSR count). The molecule has 0 atom stereocenters. The summed E-state index contributed by atoms with van der Waals surface area (Å²) in [5.41, 5.74) is 4.96. The zero-order valence-electron chi connectivity index (χ0n) is 19.6. The number of nitrogens with one attached hydrogen (secondary N) is 1. The highest BCUT2D eigenvalue weighted by Crippen LogP contribution is 2.23. The van der Waals surface area contributed by atoms with Gasteiger partial charge in [0.2, 0.25) is 0 Å². The Morgan fingerprint density at radius 2 is 1.47 bits per heavy atom. The Bertz CT molecular complexity index is 1160. The van der Waals surface area contributed by atoms with Gasteiger partial charge < -0.3 is 24.6 Å². The second-order valence-corrected chi connectivity index (χ2v) is 7.91. The topological polar surface area (TPSA) is 94.1 Å². The summed E-state index contributed by atoms with van der Waals surface area (Å²) in [6.45, 7) is 4.22. The summed E-state index contributed by atoms with van der Waals surface area (Å²) in [7, 11) is 1.55. The first-order valence-electron chi connectivity index (χ1n) is 10.9. The second-order valence-electron chi connectivity index (χ2n) is 7.91. The smallest absolute Gasteiger partial charge is 0.257 e. The minimum atomic E-state index is -0.232. The Kier molecular flexibility index (Phi) is 8.65. The SMILES string of the molecule is CNC(=O)COc1cc(COc2ccc(C=O)c(C)c2)cc(COc2ccc(CO)c(C)c2)c1. The third kappa shape index (κ3) is 6.83. The van der Waals surface area contributed by atoms with Gasteiger partial charge in [0, 0.05) is 12.6 Å². The minimum absolute atomic E-state index is 0.0163. The number of aliphatic hydroxyl groups excluding tert-OH is 1. The van der Waals surface area contributed by atoms with E-state index < -0.39 is 0 Å². The van der Waals surface area contributed by atoms with E-state index in [9.17, 15) is 14.7 Å². The molecule has 0 aliphatic heterocycles. The summed E-state index contributed by atoms with van der Waals surface area (Å²) >= 11 is 0. The molecular formula is C27H29NO6. The summed E-state index contributed by atoms with van der Waals surface area (Å²) in [5.74, 6) is 1.64. The lowest BCUT2D eigenvalue weighted by Crippen LogP contribution is -2.24. The van der Waals surface area contributed by atoms with E-state index in [0.29, 0.717) is 22.8 Å². The van der Waals surface area contributed by atoms with Gasteiger partial charge in [0.25, 0.3) is 5.91 Å². The maximum absolute atomic E-state index is 11.6. The zero-order valence-corrected chi connectivity index (χ0v) is 19.6. The Hall–Kier alpha value is -3.84. The van der Waals surface area contributed by atoms with Gasteiger partial charge in [-0.3, -0.25) is 9.59 Å². The van der Waals surface area contributed by atoms with Gasteiger partial charge in [0.05, 0.1) is 6.61 Å². The number of likely N-dealkylation sites (N-methyl/N-ethyl adjacent to an activating group) is 1. The normalized spacial score (nSPS) is 10.5. The van der Waals surface area contributed by atoms with Crippen molar-refractivity contribution in [2.24, 2.45) is 0 Å². The number of amides is 1. The Morgan fingerprint density at radius 3 is 2.00 bits per heavy atom. The molecule has 7 nitrogen and oxygen atoms in total. The van der Waals surface area contributed by atoms with Crippen LogP contribution in [0.1, 0.15) is 38.2 Å². The number of aliphatic hydroxyl groups is 1. The molecule has 0 radical (unpaired) electrons. The maximum atomic E-state index is 11.6. The van der Waals surface area contributed by atoms with Gasteiger partial charge in [-0.15, -0.1) is 0 Å². The van der Waals surface area contributed by atoms with Crippen molar-refractivity contribution in [3.8, 4) is 17.2 Å². The molecule has 3 aromatic rings. The molecule has 0 heterocycles. The number of benzene rings is 3. The predicted octanol–water partition coefficient (Wildman–Crippen LogP) is 3.89. The summed E-state index contributed by atoms with van der Waals surface area (Å²) in [5, 5.41) is 11.9. The third-order valence-corrected chi connectivity index (χ3v) is 5.34. The highest BCUT2D eigenvalue weighted by atomic mass is 16.5. The molecule has 0 spiro atoms. The molecule has 34 heavy (non-hydrogen) atoms. The van der Waals surface area contributed by atoms with E-state index in [2.05, 4.69) is 5.32 Å². The number of carbonyl (C=O) groups excluding carboxylic acids is 2. The van der Waals surface area contributed by atoms with Gasteiger partial charge in [-0.2, -0.15) is 0 Å². The molecule has 2 N–H and O–H groups in total. The standard InChI is InChI=1S/C27H29NO6/c1-18-8-24(6-4-22(18)13-29)32-15-20-10-21(12-26(11-20)34-17-27(31)28-3)16-33-25-7-5-23(14-30)19(2)9-25/h4-13,30H,14-17H2,1-3H3,(H,28,31). The Morgan fingerprint density at radius 1 is 0.853 bits per heavy atom. The molecule has 7 heteroatoms. The summed E-state index contributed by atoms with van der Waals surface area (Å²) in [4.78, 5) is 22.6. The predicted molar refractivity (Wildman–Crippen MR) is 128 cm³/mol. The van der Waals surface area contributed by atoms with Crippen LogP contribution in [0.15, 0.2) is 54.6 Å². The van der Waals surface area contributed by atoms with Crippen molar-refractivity contribution < 1.29 is 28.9 Å². The first-order valence-corrected chi connectivity index (χ1v) is 10.9. The van der Waals surface area contributed by atoms with E-state index in [1.54, 1.807) is 19.2 Å². The van der Waals surface area contributed by atoms with Crippen LogP contribution in [0, 0.1) is 13.8 Å². The molecule has 0 aliphatic rings. The van der Waals surface area contributed by atoms with Crippen LogP contribution in [0.5, 0.6) is 17.2 Å². The van der Waals surface area contributed by atoms with Crippen LogP contribution in [0.25, 0.3) is 0 Å². The van der Waals surface area contributed by atoms with E-state index in [4.69, 9.17) is 14.2 Å². The number of ether oxygens (including phenoxy) is 3. The summed E-state index contributed by atoms with van der Waals surface area (Å²) in [6.07, 6.45) is 0.817. The fraction of sp³-hybridized carbons (Fsp3) is 0.259. The molecule has 0 saturated carbocycles. The molecule has 0 fully saturated rings. The zero-order chi connectivity index (χ0) is 24.5. The van der Waals surface area contributed by atoms with Crippen molar-refractivity contribution >= 4 is 12.2 Å². The van der Waals surface area contributed by atoms with Crippen molar-refractivity contribution in [3.63, 3.8) is 0 Å². The fourth-order valence-corrected chi connectivity index (χ4v) is 3.34. The molecule has 0 unspecified atom stereocenters. The Balaban J connectivity index is 1.75. The lowest BCUT2D eigenvalue weighted by Gasteiger charge is -2.14. The van der Waals surface area contributed by atoms with Gasteiger partial charge in [0.15, 0.2) is 6.61 Å². The average Bonchev–Trinajstić information content (AvgIpc) is 2.85. The molecule has 0 saturated heterocycles. The van der Waals surface area contributed by atoms with Crippen molar-refractivity contribution in [1.29, 1.82) is 0 Å². The number of rotatable bonds is 11. The molecule has 0 aliphatic carbocycles. The van der Waals surface area contributed by atoms with E-state index in [1.807, 2.05) is 56.3 Å². The van der Waals surface area contributed by atoms with E-state index in [0.717, 1.165) is 34.1 Å². The highest BCUT2D eigenvalue weighted by Gasteiger charge is 2.08. The van der Waals surface area contributed by atoms with Gasteiger partial charge in [-0.25, -0.2) is 0 Å². The molecule has 0 aromatic heterocycles. The van der Waals surface area contributed by atoms with E-state index in [-0.39, 0.29) is 32.3 Å². The van der Waals surface area contributed by atoms with Crippen molar-refractivity contribution in [2.45, 2.75) is 33.7 Å². The lowest BCUT2D eigenvalue weighted by atomic mass is 10.1. The maximum Gasteiger partial charge on any atom is 0.257 e. The van der Waals surface area contributed by atoms with Crippen molar-refractivity contribution in [1.82, 2.24) is 5.32 Å². The van der Waals surface area contributed by atoms with Crippen molar-refractivity contribution in [3.05, 3.63) is 88.0 Å². The van der Waals surface area contributed by atoms with Gasteiger partial charge in [-0.05, 0) is 90.2 Å². The van der Waals surface area contributed by atoms with Crippen molar-refractivity contribution in [2.75, 3.05) is 13.7 Å². The highest BCUT2D eigenvalue weighted by molar-refractivity contribution is 5.77. The molecular weight excluding hydrogens is 434 g/mol. The molecule has 178 valence electrons. The molecule has 0 bridgehead atoms. The Labute approximate surface area is 199 Å². The second kappa shape index (κ2) is 11.9. The summed E-state index contributed by atoms with van der Waals surface area (Å²) in [6, 6.07) is 16.4. The van der Waals surface area contributed by atoms with Crippen LogP contribution in [0.3, 0.4) is 0 Å². The fourth-order valence-electron chi connectivity index (χ4n) is 3.34. The first kappa shape index (κ1) is 24.8. The number of hydrogen-bond donors (Lipinski definition) is 2. The monoisotopic (exact) mass is 463 g/mol. The van der Waals surface area contributed by atoms with E-state index >= 15 is 0 Å². The van der Waals surface area contributed by atoms with Crippen LogP contribution < -0.4 is 19.5 Å². The van der Waals surface area contributed by atoms with Gasteiger partial charge in [0.1, 0.15) is 36.7 Å². The quantitative estimate of drug-likeness (QED) is 0.419. The molecule has 1 amide bonds.